The van der Waals surface area contributed by atoms with Crippen LogP contribution < -0.4 is 9.47 Å². The monoisotopic (exact) mass is 423 g/mol. The summed E-state index contributed by atoms with van der Waals surface area (Å²) in [7, 11) is 1.64. The Bertz CT molecular complexity index is 992. The highest BCUT2D eigenvalue weighted by Gasteiger charge is 2.21. The number of methoxy groups -OCH3 is 1. The predicted octanol–water partition coefficient (Wildman–Crippen LogP) is 3.95. The minimum absolute atomic E-state index is 0.144. The van der Waals surface area contributed by atoms with Crippen LogP contribution >= 0.6 is 0 Å². The standard InChI is InChI=1S/C24H29N3O4/c1-16-14-27(15-17(2)31-16)10-11-30-20-8-9-21(23(28)12-20)24-22(13-25-26-24)18-4-6-19(29-3)7-5-18/h4-9,12-13,16-17,28H,10-11,14-15H2,1-3H3,(H,25,26). The van der Waals surface area contributed by atoms with Gasteiger partial charge in [0.2, 0.25) is 0 Å². The molecular weight excluding hydrogens is 394 g/mol. The Morgan fingerprint density at radius 1 is 1.06 bits per heavy atom. The number of H-pyrrole nitrogens is 1. The number of nitrogens with zero attached hydrogens (tertiary/aromatic N) is 2. The summed E-state index contributed by atoms with van der Waals surface area (Å²) in [6, 6.07) is 13.1. The summed E-state index contributed by atoms with van der Waals surface area (Å²) in [6.07, 6.45) is 2.23. The molecule has 0 bridgehead atoms. The van der Waals surface area contributed by atoms with Gasteiger partial charge in [-0.25, -0.2) is 0 Å². The average Bonchev–Trinajstić information content (AvgIpc) is 3.23. The van der Waals surface area contributed by atoms with E-state index in [0.717, 1.165) is 42.2 Å². The van der Waals surface area contributed by atoms with Crippen molar-refractivity contribution in [2.24, 2.45) is 0 Å². The minimum Gasteiger partial charge on any atom is -0.507 e. The van der Waals surface area contributed by atoms with Crippen molar-refractivity contribution < 1.29 is 19.3 Å². The first-order valence-electron chi connectivity index (χ1n) is 10.5. The normalized spacial score (nSPS) is 19.3. The first-order valence-corrected chi connectivity index (χ1v) is 10.5. The van der Waals surface area contributed by atoms with Crippen molar-refractivity contribution in [2.45, 2.75) is 26.1 Å². The number of morpholine rings is 1. The van der Waals surface area contributed by atoms with Crippen LogP contribution in [0.3, 0.4) is 0 Å². The third-order valence-corrected chi connectivity index (χ3v) is 5.45. The van der Waals surface area contributed by atoms with Gasteiger partial charge in [0, 0.05) is 36.8 Å². The van der Waals surface area contributed by atoms with Gasteiger partial charge < -0.3 is 19.3 Å². The fourth-order valence-electron chi connectivity index (χ4n) is 4.05. The number of hydrogen-bond donors (Lipinski definition) is 2. The van der Waals surface area contributed by atoms with Crippen molar-refractivity contribution in [2.75, 3.05) is 33.4 Å². The molecule has 0 aliphatic carbocycles. The largest absolute Gasteiger partial charge is 0.507 e. The molecule has 7 nitrogen and oxygen atoms in total. The van der Waals surface area contributed by atoms with Crippen molar-refractivity contribution in [3.63, 3.8) is 0 Å². The van der Waals surface area contributed by atoms with Crippen molar-refractivity contribution in [3.8, 4) is 39.6 Å². The van der Waals surface area contributed by atoms with E-state index in [2.05, 4.69) is 28.9 Å². The fraction of sp³-hybridized carbons (Fsp3) is 0.375. The average molecular weight is 424 g/mol. The molecule has 2 N–H and O–H groups in total. The molecule has 31 heavy (non-hydrogen) atoms. The number of ether oxygens (including phenoxy) is 3. The number of phenols is 1. The summed E-state index contributed by atoms with van der Waals surface area (Å²) >= 11 is 0. The molecule has 0 amide bonds. The minimum atomic E-state index is 0.144. The lowest BCUT2D eigenvalue weighted by Gasteiger charge is -2.35. The first-order chi connectivity index (χ1) is 15.0. The molecule has 2 unspecified atom stereocenters. The number of aromatic hydroxyl groups is 1. The van der Waals surface area contributed by atoms with Gasteiger partial charge in [-0.2, -0.15) is 5.10 Å². The zero-order valence-corrected chi connectivity index (χ0v) is 18.2. The van der Waals surface area contributed by atoms with E-state index in [-0.39, 0.29) is 18.0 Å². The third kappa shape index (κ3) is 5.00. The van der Waals surface area contributed by atoms with E-state index in [4.69, 9.17) is 14.2 Å². The molecule has 1 aromatic heterocycles. The topological polar surface area (TPSA) is 79.8 Å². The molecule has 164 valence electrons. The maximum Gasteiger partial charge on any atom is 0.128 e. The van der Waals surface area contributed by atoms with Gasteiger partial charge in [0.15, 0.2) is 0 Å². The van der Waals surface area contributed by atoms with Crippen molar-refractivity contribution in [1.82, 2.24) is 15.1 Å². The van der Waals surface area contributed by atoms with E-state index in [1.54, 1.807) is 19.4 Å². The van der Waals surface area contributed by atoms with Gasteiger partial charge in [-0.1, -0.05) is 12.1 Å². The number of aromatic amines is 1. The molecule has 1 fully saturated rings. The lowest BCUT2D eigenvalue weighted by Crippen LogP contribution is -2.46. The van der Waals surface area contributed by atoms with Gasteiger partial charge in [-0.3, -0.25) is 10.00 Å². The van der Waals surface area contributed by atoms with E-state index < -0.39 is 0 Å². The number of hydrogen-bond acceptors (Lipinski definition) is 6. The molecule has 2 atom stereocenters. The van der Waals surface area contributed by atoms with Gasteiger partial charge in [0.25, 0.3) is 0 Å². The van der Waals surface area contributed by atoms with Gasteiger partial charge in [0.05, 0.1) is 31.2 Å². The summed E-state index contributed by atoms with van der Waals surface area (Å²) in [5.74, 6) is 1.57. The molecule has 0 saturated carbocycles. The van der Waals surface area contributed by atoms with Crippen LogP contribution in [0.5, 0.6) is 17.2 Å². The second-order valence-electron chi connectivity index (χ2n) is 7.93. The molecular formula is C24H29N3O4. The van der Waals surface area contributed by atoms with Gasteiger partial charge in [0.1, 0.15) is 23.9 Å². The van der Waals surface area contributed by atoms with E-state index in [1.165, 1.54) is 0 Å². The van der Waals surface area contributed by atoms with Crippen LogP contribution in [0.15, 0.2) is 48.7 Å². The molecule has 1 saturated heterocycles. The lowest BCUT2D eigenvalue weighted by atomic mass is 10.0. The number of benzene rings is 2. The van der Waals surface area contributed by atoms with E-state index in [9.17, 15) is 5.11 Å². The molecule has 4 rings (SSSR count). The molecule has 7 heteroatoms. The SMILES string of the molecule is COc1ccc(-c2cn[nH]c2-c2ccc(OCCN3CC(C)OC(C)C3)cc2O)cc1. The zero-order valence-electron chi connectivity index (χ0n) is 18.2. The van der Waals surface area contributed by atoms with E-state index in [1.807, 2.05) is 36.4 Å². The summed E-state index contributed by atoms with van der Waals surface area (Å²) in [5, 5.41) is 17.8. The zero-order chi connectivity index (χ0) is 21.8. The first kappa shape index (κ1) is 21.2. The maximum absolute atomic E-state index is 10.7. The fourth-order valence-corrected chi connectivity index (χ4v) is 4.05. The number of rotatable bonds is 7. The Hall–Kier alpha value is -3.03. The Balaban J connectivity index is 1.43. The van der Waals surface area contributed by atoms with Crippen LogP contribution in [-0.4, -0.2) is 65.8 Å². The van der Waals surface area contributed by atoms with Crippen LogP contribution in [0.25, 0.3) is 22.4 Å². The second kappa shape index (κ2) is 9.41. The number of phenolic OH excluding ortho intramolecular Hbond substituents is 1. The highest BCUT2D eigenvalue weighted by molar-refractivity contribution is 5.83. The quantitative estimate of drug-likeness (QED) is 0.599. The maximum atomic E-state index is 10.7. The van der Waals surface area contributed by atoms with E-state index in [0.29, 0.717) is 17.9 Å². The molecule has 3 aromatic rings. The number of nitrogens with one attached hydrogen (secondary N) is 1. The van der Waals surface area contributed by atoms with Crippen LogP contribution in [0.4, 0.5) is 0 Å². The Morgan fingerprint density at radius 3 is 2.45 bits per heavy atom. The van der Waals surface area contributed by atoms with Crippen LogP contribution in [0, 0.1) is 0 Å². The van der Waals surface area contributed by atoms with E-state index >= 15 is 0 Å². The molecule has 2 aromatic carbocycles. The lowest BCUT2D eigenvalue weighted by molar-refractivity contribution is -0.0699. The second-order valence-corrected chi connectivity index (χ2v) is 7.93. The predicted molar refractivity (Wildman–Crippen MR) is 120 cm³/mol. The third-order valence-electron chi connectivity index (χ3n) is 5.45. The van der Waals surface area contributed by atoms with Crippen molar-refractivity contribution in [3.05, 3.63) is 48.7 Å². The van der Waals surface area contributed by atoms with Crippen molar-refractivity contribution >= 4 is 0 Å². The Kier molecular flexibility index (Phi) is 6.44. The molecule has 1 aliphatic rings. The summed E-state index contributed by atoms with van der Waals surface area (Å²) < 4.78 is 16.9. The van der Waals surface area contributed by atoms with Gasteiger partial charge in [-0.15, -0.1) is 0 Å². The van der Waals surface area contributed by atoms with Gasteiger partial charge >= 0.3 is 0 Å². The Morgan fingerprint density at radius 2 is 1.77 bits per heavy atom. The molecule has 0 spiro atoms. The Labute approximate surface area is 182 Å². The van der Waals surface area contributed by atoms with Gasteiger partial charge in [-0.05, 0) is 43.7 Å². The molecule has 0 radical (unpaired) electrons. The summed E-state index contributed by atoms with van der Waals surface area (Å²) in [6.45, 7) is 7.38. The highest BCUT2D eigenvalue weighted by atomic mass is 16.5. The van der Waals surface area contributed by atoms with Crippen LogP contribution in [-0.2, 0) is 4.74 Å². The van der Waals surface area contributed by atoms with Crippen LogP contribution in [0.2, 0.25) is 0 Å². The van der Waals surface area contributed by atoms with Crippen LogP contribution in [0.1, 0.15) is 13.8 Å². The number of aromatic nitrogens is 2. The summed E-state index contributed by atoms with van der Waals surface area (Å²) in [4.78, 5) is 2.35. The van der Waals surface area contributed by atoms with Crippen molar-refractivity contribution in [1.29, 1.82) is 0 Å². The smallest absolute Gasteiger partial charge is 0.128 e. The highest BCUT2D eigenvalue weighted by Crippen LogP contribution is 2.37. The molecule has 2 heterocycles. The molecule has 1 aliphatic heterocycles. The summed E-state index contributed by atoms with van der Waals surface area (Å²) in [5.41, 5.74) is 3.32.